The highest BCUT2D eigenvalue weighted by Crippen LogP contribution is 2.19. The summed E-state index contributed by atoms with van der Waals surface area (Å²) in [7, 11) is -3.42. The SMILES string of the molecule is CCNS(=O)(=O)c1ccc2oc(C)nc2c1. The zero-order valence-corrected chi connectivity index (χ0v) is 9.84. The number of sulfonamides is 1. The molecule has 0 radical (unpaired) electrons. The van der Waals surface area contributed by atoms with Crippen molar-refractivity contribution in [2.24, 2.45) is 0 Å². The third-order valence-electron chi connectivity index (χ3n) is 2.11. The van der Waals surface area contributed by atoms with E-state index in [2.05, 4.69) is 9.71 Å². The van der Waals surface area contributed by atoms with Crippen LogP contribution in [0.5, 0.6) is 0 Å². The maximum atomic E-state index is 11.7. The van der Waals surface area contributed by atoms with E-state index in [0.717, 1.165) is 0 Å². The van der Waals surface area contributed by atoms with Gasteiger partial charge in [-0.1, -0.05) is 6.92 Å². The molecule has 0 unspecified atom stereocenters. The topological polar surface area (TPSA) is 72.2 Å². The number of hydrogen-bond donors (Lipinski definition) is 1. The van der Waals surface area contributed by atoms with E-state index < -0.39 is 10.0 Å². The van der Waals surface area contributed by atoms with E-state index in [1.54, 1.807) is 19.9 Å². The summed E-state index contributed by atoms with van der Waals surface area (Å²) in [6, 6.07) is 4.62. The van der Waals surface area contributed by atoms with Gasteiger partial charge in [0.1, 0.15) is 5.52 Å². The molecule has 1 aromatic carbocycles. The van der Waals surface area contributed by atoms with Gasteiger partial charge >= 0.3 is 0 Å². The van der Waals surface area contributed by atoms with Gasteiger partial charge in [0.25, 0.3) is 0 Å². The van der Waals surface area contributed by atoms with E-state index in [4.69, 9.17) is 4.42 Å². The van der Waals surface area contributed by atoms with Crippen molar-refractivity contribution < 1.29 is 12.8 Å². The highest BCUT2D eigenvalue weighted by atomic mass is 32.2. The summed E-state index contributed by atoms with van der Waals surface area (Å²) in [5, 5.41) is 0. The molecule has 6 heteroatoms. The van der Waals surface area contributed by atoms with Crippen molar-refractivity contribution in [3.05, 3.63) is 24.1 Å². The molecule has 0 bridgehead atoms. The molecule has 0 spiro atoms. The lowest BCUT2D eigenvalue weighted by Gasteiger charge is -2.03. The van der Waals surface area contributed by atoms with Crippen molar-refractivity contribution in [2.45, 2.75) is 18.7 Å². The third-order valence-corrected chi connectivity index (χ3v) is 3.65. The summed E-state index contributed by atoms with van der Waals surface area (Å²) in [6.07, 6.45) is 0. The molecular weight excluding hydrogens is 228 g/mol. The maximum absolute atomic E-state index is 11.7. The minimum atomic E-state index is -3.42. The van der Waals surface area contributed by atoms with Gasteiger partial charge in [-0.15, -0.1) is 0 Å². The van der Waals surface area contributed by atoms with Crippen LogP contribution < -0.4 is 4.72 Å². The first-order valence-electron chi connectivity index (χ1n) is 4.90. The molecule has 0 fully saturated rings. The standard InChI is InChI=1S/C10H12N2O3S/c1-3-11-16(13,14)8-4-5-10-9(6-8)12-7(2)15-10/h4-6,11H,3H2,1-2H3. The van der Waals surface area contributed by atoms with Crippen molar-refractivity contribution in [1.29, 1.82) is 0 Å². The highest BCUT2D eigenvalue weighted by molar-refractivity contribution is 7.89. The van der Waals surface area contributed by atoms with Crippen molar-refractivity contribution in [1.82, 2.24) is 9.71 Å². The van der Waals surface area contributed by atoms with Crippen LogP contribution >= 0.6 is 0 Å². The van der Waals surface area contributed by atoms with E-state index in [1.807, 2.05) is 0 Å². The monoisotopic (exact) mass is 240 g/mol. The lowest BCUT2D eigenvalue weighted by Crippen LogP contribution is -2.22. The molecule has 0 aliphatic heterocycles. The summed E-state index contributed by atoms with van der Waals surface area (Å²) in [5.41, 5.74) is 1.14. The van der Waals surface area contributed by atoms with E-state index >= 15 is 0 Å². The Labute approximate surface area is 93.5 Å². The van der Waals surface area contributed by atoms with Gasteiger partial charge in [-0.05, 0) is 18.2 Å². The van der Waals surface area contributed by atoms with Crippen LogP contribution in [-0.2, 0) is 10.0 Å². The minimum absolute atomic E-state index is 0.204. The van der Waals surface area contributed by atoms with Gasteiger partial charge in [0.05, 0.1) is 4.90 Å². The van der Waals surface area contributed by atoms with Gasteiger partial charge in [-0.3, -0.25) is 0 Å². The Balaban J connectivity index is 2.54. The zero-order valence-electron chi connectivity index (χ0n) is 9.02. The fourth-order valence-corrected chi connectivity index (χ4v) is 2.52. The van der Waals surface area contributed by atoms with Crippen LogP contribution in [0.25, 0.3) is 11.1 Å². The Morgan fingerprint density at radius 1 is 1.44 bits per heavy atom. The van der Waals surface area contributed by atoms with E-state index in [1.165, 1.54) is 12.1 Å². The maximum Gasteiger partial charge on any atom is 0.240 e. The van der Waals surface area contributed by atoms with Crippen LogP contribution in [0.4, 0.5) is 0 Å². The molecule has 0 aliphatic carbocycles. The van der Waals surface area contributed by atoms with Crippen molar-refractivity contribution in [3.8, 4) is 0 Å². The Bertz CT molecular complexity index is 616. The molecule has 1 N–H and O–H groups in total. The summed E-state index contributed by atoms with van der Waals surface area (Å²) in [5.74, 6) is 0.521. The number of hydrogen-bond acceptors (Lipinski definition) is 4. The smallest absolute Gasteiger partial charge is 0.240 e. The van der Waals surface area contributed by atoms with Crippen LogP contribution in [0.15, 0.2) is 27.5 Å². The number of aromatic nitrogens is 1. The first-order valence-corrected chi connectivity index (χ1v) is 6.38. The van der Waals surface area contributed by atoms with Gasteiger partial charge in [0.15, 0.2) is 11.5 Å². The second-order valence-corrected chi connectivity index (χ2v) is 5.13. The number of rotatable bonds is 3. The molecule has 16 heavy (non-hydrogen) atoms. The second kappa shape index (κ2) is 3.88. The van der Waals surface area contributed by atoms with Crippen molar-refractivity contribution in [3.63, 3.8) is 0 Å². The molecule has 0 amide bonds. The molecular formula is C10H12N2O3S. The Morgan fingerprint density at radius 3 is 2.88 bits per heavy atom. The second-order valence-electron chi connectivity index (χ2n) is 3.36. The van der Waals surface area contributed by atoms with Gasteiger partial charge in [0, 0.05) is 13.5 Å². The van der Waals surface area contributed by atoms with Crippen LogP contribution in [0, 0.1) is 6.92 Å². The van der Waals surface area contributed by atoms with Gasteiger partial charge in [-0.25, -0.2) is 18.1 Å². The number of oxazole rings is 1. The molecule has 2 aromatic rings. The van der Waals surface area contributed by atoms with E-state index in [-0.39, 0.29) is 4.90 Å². The van der Waals surface area contributed by atoms with Gasteiger partial charge in [-0.2, -0.15) is 0 Å². The molecule has 0 atom stereocenters. The molecule has 86 valence electrons. The summed E-state index contributed by atoms with van der Waals surface area (Å²) < 4.78 is 31.1. The van der Waals surface area contributed by atoms with Gasteiger partial charge < -0.3 is 4.42 Å². The van der Waals surface area contributed by atoms with Gasteiger partial charge in [0.2, 0.25) is 10.0 Å². The largest absolute Gasteiger partial charge is 0.441 e. The molecule has 0 aliphatic rings. The first kappa shape index (κ1) is 11.1. The van der Waals surface area contributed by atoms with Crippen molar-refractivity contribution in [2.75, 3.05) is 6.54 Å². The predicted molar refractivity (Wildman–Crippen MR) is 59.6 cm³/mol. The quantitative estimate of drug-likeness (QED) is 0.881. The molecule has 1 heterocycles. The van der Waals surface area contributed by atoms with E-state index in [0.29, 0.717) is 23.5 Å². The summed E-state index contributed by atoms with van der Waals surface area (Å²) in [4.78, 5) is 4.29. The van der Waals surface area contributed by atoms with E-state index in [9.17, 15) is 8.42 Å². The Morgan fingerprint density at radius 2 is 2.19 bits per heavy atom. The Hall–Kier alpha value is -1.40. The van der Waals surface area contributed by atoms with Crippen LogP contribution in [0.3, 0.4) is 0 Å². The fourth-order valence-electron chi connectivity index (χ4n) is 1.46. The highest BCUT2D eigenvalue weighted by Gasteiger charge is 2.14. The fraction of sp³-hybridized carbons (Fsp3) is 0.300. The number of aryl methyl sites for hydroxylation is 1. The van der Waals surface area contributed by atoms with Crippen molar-refractivity contribution >= 4 is 21.1 Å². The predicted octanol–water partition coefficient (Wildman–Crippen LogP) is 1.43. The molecule has 1 aromatic heterocycles. The number of benzene rings is 1. The average molecular weight is 240 g/mol. The summed E-state index contributed by atoms with van der Waals surface area (Å²) in [6.45, 7) is 3.81. The first-order chi connectivity index (χ1) is 7.53. The van der Waals surface area contributed by atoms with Crippen LogP contribution in [0.1, 0.15) is 12.8 Å². The number of nitrogens with one attached hydrogen (secondary N) is 1. The third kappa shape index (κ3) is 1.94. The van der Waals surface area contributed by atoms with Crippen LogP contribution in [-0.4, -0.2) is 19.9 Å². The Kier molecular flexibility index (Phi) is 2.69. The zero-order chi connectivity index (χ0) is 11.8. The summed E-state index contributed by atoms with van der Waals surface area (Å²) >= 11 is 0. The molecule has 5 nitrogen and oxygen atoms in total. The van der Waals surface area contributed by atoms with Crippen LogP contribution in [0.2, 0.25) is 0 Å². The average Bonchev–Trinajstić information content (AvgIpc) is 2.56. The molecule has 0 saturated carbocycles. The number of nitrogens with zero attached hydrogens (tertiary/aromatic N) is 1. The number of fused-ring (bicyclic) bond motifs is 1. The lowest BCUT2D eigenvalue weighted by molar-refractivity contribution is 0.561. The minimum Gasteiger partial charge on any atom is -0.441 e. The normalized spacial score (nSPS) is 12.1. The molecule has 2 rings (SSSR count). The lowest BCUT2D eigenvalue weighted by atomic mass is 10.3. The molecule has 0 saturated heterocycles.